The Morgan fingerprint density at radius 1 is 1.32 bits per heavy atom. The third-order valence-electron chi connectivity index (χ3n) is 2.73. The summed E-state index contributed by atoms with van der Waals surface area (Å²) in [6.45, 7) is 3.51. The number of nitrogens with one attached hydrogen (secondary N) is 1. The van der Waals surface area contributed by atoms with E-state index in [1.165, 1.54) is 18.5 Å². The quantitative estimate of drug-likeness (QED) is 0.919. The topological polar surface area (TPSA) is 54.9 Å². The molecule has 1 aromatic carbocycles. The van der Waals surface area contributed by atoms with Crippen molar-refractivity contribution in [1.82, 2.24) is 9.97 Å². The highest BCUT2D eigenvalue weighted by Crippen LogP contribution is 2.20. The highest BCUT2D eigenvalue weighted by Gasteiger charge is 2.14. The minimum atomic E-state index is -0.593. The molecular weight excluding hydrogens is 269 g/mol. The Hall–Kier alpha value is -2.01. The average Bonchev–Trinajstić information content (AvgIpc) is 2.36. The van der Waals surface area contributed by atoms with Crippen molar-refractivity contribution in [3.05, 3.63) is 52.3 Å². The fourth-order valence-electron chi connectivity index (χ4n) is 1.54. The molecule has 0 aliphatic carbocycles. The molecule has 0 spiro atoms. The van der Waals surface area contributed by atoms with E-state index in [0.717, 1.165) is 6.07 Å². The lowest BCUT2D eigenvalue weighted by Crippen LogP contribution is -2.17. The van der Waals surface area contributed by atoms with Crippen LogP contribution in [0.4, 0.5) is 10.1 Å². The Morgan fingerprint density at radius 3 is 2.74 bits per heavy atom. The number of carbonyl (C=O) groups excluding carboxylic acids is 1. The number of amides is 1. The summed E-state index contributed by atoms with van der Waals surface area (Å²) in [5, 5.41) is 2.73. The number of benzene rings is 1. The van der Waals surface area contributed by atoms with E-state index in [1.54, 1.807) is 13.8 Å². The van der Waals surface area contributed by atoms with Gasteiger partial charge >= 0.3 is 0 Å². The van der Waals surface area contributed by atoms with Crippen LogP contribution < -0.4 is 5.32 Å². The second-order valence-corrected chi connectivity index (χ2v) is 4.45. The monoisotopic (exact) mass is 279 g/mol. The van der Waals surface area contributed by atoms with Crippen molar-refractivity contribution < 1.29 is 9.18 Å². The predicted octanol–water partition coefficient (Wildman–Crippen LogP) is 3.14. The second kappa shape index (κ2) is 5.32. The van der Waals surface area contributed by atoms with Gasteiger partial charge in [0.1, 0.15) is 17.8 Å². The van der Waals surface area contributed by atoms with Crippen molar-refractivity contribution >= 4 is 23.2 Å². The van der Waals surface area contributed by atoms with E-state index in [9.17, 15) is 9.18 Å². The number of aryl methyl sites for hydroxylation is 1. The number of anilines is 1. The first-order valence-corrected chi connectivity index (χ1v) is 5.91. The van der Waals surface area contributed by atoms with Crippen molar-refractivity contribution in [3.8, 4) is 0 Å². The van der Waals surface area contributed by atoms with Crippen LogP contribution in [0, 0.1) is 19.7 Å². The summed E-state index contributed by atoms with van der Waals surface area (Å²) < 4.78 is 13.6. The smallest absolute Gasteiger partial charge is 0.274 e. The maximum absolute atomic E-state index is 13.6. The molecule has 1 amide bonds. The van der Waals surface area contributed by atoms with E-state index in [4.69, 9.17) is 11.6 Å². The van der Waals surface area contributed by atoms with Gasteiger partial charge in [-0.2, -0.15) is 0 Å². The summed E-state index contributed by atoms with van der Waals surface area (Å²) in [5.74, 6) is -1.08. The molecule has 6 heteroatoms. The molecule has 1 heterocycles. The van der Waals surface area contributed by atoms with E-state index >= 15 is 0 Å². The number of hydrogen-bond donors (Lipinski definition) is 1. The molecule has 0 fully saturated rings. The Balaban J connectivity index is 2.28. The molecule has 19 heavy (non-hydrogen) atoms. The average molecular weight is 280 g/mol. The number of carbonyl (C=O) groups is 1. The van der Waals surface area contributed by atoms with Crippen molar-refractivity contribution in [1.29, 1.82) is 0 Å². The first-order valence-electron chi connectivity index (χ1n) is 5.53. The van der Waals surface area contributed by atoms with E-state index in [2.05, 4.69) is 15.3 Å². The minimum absolute atomic E-state index is 0.0602. The van der Waals surface area contributed by atoms with Crippen LogP contribution in [-0.4, -0.2) is 15.9 Å². The number of nitrogens with zero attached hydrogens (tertiary/aromatic N) is 2. The van der Waals surface area contributed by atoms with Crippen LogP contribution >= 0.6 is 11.6 Å². The lowest BCUT2D eigenvalue weighted by molar-refractivity contribution is 0.102. The van der Waals surface area contributed by atoms with Crippen LogP contribution in [0.25, 0.3) is 0 Å². The van der Waals surface area contributed by atoms with Crippen LogP contribution in [0.3, 0.4) is 0 Å². The zero-order valence-corrected chi connectivity index (χ0v) is 11.1. The van der Waals surface area contributed by atoms with Gasteiger partial charge in [0.2, 0.25) is 0 Å². The number of aromatic nitrogens is 2. The largest absolute Gasteiger partial charge is 0.318 e. The molecule has 4 nitrogen and oxygen atoms in total. The molecule has 0 aliphatic rings. The molecule has 0 saturated carbocycles. The van der Waals surface area contributed by atoms with Gasteiger partial charge in [0, 0.05) is 16.3 Å². The van der Waals surface area contributed by atoms with Gasteiger partial charge in [0.25, 0.3) is 5.91 Å². The summed E-state index contributed by atoms with van der Waals surface area (Å²) >= 11 is 5.64. The number of halogens is 2. The van der Waals surface area contributed by atoms with Crippen LogP contribution in [0.15, 0.2) is 24.5 Å². The third kappa shape index (κ3) is 2.88. The van der Waals surface area contributed by atoms with E-state index in [0.29, 0.717) is 11.3 Å². The van der Waals surface area contributed by atoms with Gasteiger partial charge in [0.15, 0.2) is 0 Å². The fraction of sp³-hybridized carbons (Fsp3) is 0.154. The summed E-state index contributed by atoms with van der Waals surface area (Å²) in [4.78, 5) is 19.9. The van der Waals surface area contributed by atoms with E-state index in [1.807, 2.05) is 0 Å². The highest BCUT2D eigenvalue weighted by molar-refractivity contribution is 6.30. The van der Waals surface area contributed by atoms with Gasteiger partial charge in [-0.3, -0.25) is 4.79 Å². The van der Waals surface area contributed by atoms with Gasteiger partial charge in [-0.25, -0.2) is 14.4 Å². The van der Waals surface area contributed by atoms with Gasteiger partial charge in [0.05, 0.1) is 5.69 Å². The Morgan fingerprint density at radius 2 is 2.05 bits per heavy atom. The molecule has 1 N–H and O–H groups in total. The first kappa shape index (κ1) is 13.4. The standard InChI is InChI=1S/C13H11ClFN3O/c1-7-8(2)16-6-17-12(7)13(19)18-11-4-3-9(14)5-10(11)15/h3-6H,1-2H3,(H,18,19). The molecule has 98 valence electrons. The summed E-state index contributed by atoms with van der Waals surface area (Å²) in [6.07, 6.45) is 1.30. The second-order valence-electron chi connectivity index (χ2n) is 4.01. The number of hydrogen-bond acceptors (Lipinski definition) is 3. The maximum atomic E-state index is 13.6. The van der Waals surface area contributed by atoms with Crippen LogP contribution in [-0.2, 0) is 0 Å². The molecule has 0 unspecified atom stereocenters. The lowest BCUT2D eigenvalue weighted by atomic mass is 10.2. The zero-order chi connectivity index (χ0) is 14.0. The van der Waals surface area contributed by atoms with Crippen molar-refractivity contribution in [2.75, 3.05) is 5.32 Å². The van der Waals surface area contributed by atoms with E-state index < -0.39 is 11.7 Å². The molecule has 0 bridgehead atoms. The van der Waals surface area contributed by atoms with Crippen molar-refractivity contribution in [2.24, 2.45) is 0 Å². The zero-order valence-electron chi connectivity index (χ0n) is 10.4. The third-order valence-corrected chi connectivity index (χ3v) is 2.97. The lowest BCUT2D eigenvalue weighted by Gasteiger charge is -2.08. The van der Waals surface area contributed by atoms with Crippen LogP contribution in [0.5, 0.6) is 0 Å². The minimum Gasteiger partial charge on any atom is -0.318 e. The molecule has 2 aromatic rings. The van der Waals surface area contributed by atoms with Crippen molar-refractivity contribution in [2.45, 2.75) is 13.8 Å². The van der Waals surface area contributed by atoms with Crippen LogP contribution in [0.2, 0.25) is 5.02 Å². The maximum Gasteiger partial charge on any atom is 0.274 e. The highest BCUT2D eigenvalue weighted by atomic mass is 35.5. The Kier molecular flexibility index (Phi) is 3.76. The molecule has 0 atom stereocenters. The Bertz CT molecular complexity index is 646. The van der Waals surface area contributed by atoms with E-state index in [-0.39, 0.29) is 16.4 Å². The fourth-order valence-corrected chi connectivity index (χ4v) is 1.70. The summed E-state index contributed by atoms with van der Waals surface area (Å²) in [5.41, 5.74) is 1.65. The summed E-state index contributed by atoms with van der Waals surface area (Å²) in [6, 6.07) is 4.03. The normalized spacial score (nSPS) is 10.3. The van der Waals surface area contributed by atoms with Gasteiger partial charge in [-0.1, -0.05) is 11.6 Å². The molecule has 0 saturated heterocycles. The molecular formula is C13H11ClFN3O. The summed E-state index contributed by atoms with van der Waals surface area (Å²) in [7, 11) is 0. The van der Waals surface area contributed by atoms with Gasteiger partial charge < -0.3 is 5.32 Å². The first-order chi connectivity index (χ1) is 8.99. The molecule has 2 rings (SSSR count). The molecule has 1 aromatic heterocycles. The van der Waals surface area contributed by atoms with Crippen LogP contribution in [0.1, 0.15) is 21.7 Å². The predicted molar refractivity (Wildman–Crippen MR) is 70.9 cm³/mol. The van der Waals surface area contributed by atoms with Gasteiger partial charge in [-0.15, -0.1) is 0 Å². The Labute approximate surface area is 114 Å². The molecule has 0 aliphatic heterocycles. The van der Waals surface area contributed by atoms with Gasteiger partial charge in [-0.05, 0) is 32.0 Å². The number of rotatable bonds is 2. The molecule has 0 radical (unpaired) electrons. The SMILES string of the molecule is Cc1ncnc(C(=O)Nc2ccc(Cl)cc2F)c1C. The van der Waals surface area contributed by atoms with Crippen molar-refractivity contribution in [3.63, 3.8) is 0 Å².